The molecule has 0 saturated carbocycles. The first-order valence-corrected chi connectivity index (χ1v) is 6.60. The van der Waals surface area contributed by atoms with Crippen molar-refractivity contribution in [3.05, 3.63) is 48.0 Å². The summed E-state index contributed by atoms with van der Waals surface area (Å²) in [5.41, 5.74) is 1.06. The molecule has 6 nitrogen and oxygen atoms in total. The van der Waals surface area contributed by atoms with E-state index in [2.05, 4.69) is 27.2 Å². The second-order valence-corrected chi connectivity index (χ2v) is 4.30. The first kappa shape index (κ1) is 14.8. The van der Waals surface area contributed by atoms with Crippen LogP contribution in [0.2, 0.25) is 0 Å². The second kappa shape index (κ2) is 7.82. The van der Waals surface area contributed by atoms with Gasteiger partial charge in [0.05, 0.1) is 5.56 Å². The zero-order chi connectivity index (χ0) is 14.9. The number of aliphatic hydroxyl groups excluding tert-OH is 1. The van der Waals surface area contributed by atoms with Crippen molar-refractivity contribution in [2.75, 3.05) is 13.2 Å². The van der Waals surface area contributed by atoms with Crippen LogP contribution in [0.5, 0.6) is 0 Å². The third kappa shape index (κ3) is 4.75. The quantitative estimate of drug-likeness (QED) is 0.617. The van der Waals surface area contributed by atoms with Crippen molar-refractivity contribution < 1.29 is 9.90 Å². The van der Waals surface area contributed by atoms with Crippen molar-refractivity contribution in [1.29, 1.82) is 0 Å². The first-order valence-electron chi connectivity index (χ1n) is 6.60. The van der Waals surface area contributed by atoms with Crippen LogP contribution in [-0.4, -0.2) is 38.9 Å². The molecule has 2 heterocycles. The van der Waals surface area contributed by atoms with Crippen LogP contribution in [-0.2, 0) is 6.54 Å². The van der Waals surface area contributed by atoms with Crippen LogP contribution in [0.15, 0.2) is 36.9 Å². The number of carbonyl (C=O) groups is 1. The molecule has 0 bridgehead atoms. The standard InChI is InChI=1S/C15H16N4O2/c20-9-1-4-13-10-14(12-16-11-13)15(21)17-5-2-7-19-8-3-6-18-19/h3,6,8,10-12,20H,2,5,7,9H2,(H,17,21). The number of hydrogen-bond donors (Lipinski definition) is 2. The van der Waals surface area contributed by atoms with Crippen molar-refractivity contribution in [2.45, 2.75) is 13.0 Å². The highest BCUT2D eigenvalue weighted by atomic mass is 16.2. The monoisotopic (exact) mass is 284 g/mol. The lowest BCUT2D eigenvalue weighted by Gasteiger charge is -2.05. The third-order valence-electron chi connectivity index (χ3n) is 2.72. The summed E-state index contributed by atoms with van der Waals surface area (Å²) in [6, 6.07) is 3.52. The average molecular weight is 284 g/mol. The summed E-state index contributed by atoms with van der Waals surface area (Å²) in [7, 11) is 0. The number of nitrogens with one attached hydrogen (secondary N) is 1. The van der Waals surface area contributed by atoms with Crippen LogP contribution in [0, 0.1) is 11.8 Å². The zero-order valence-corrected chi connectivity index (χ0v) is 11.5. The molecule has 0 unspecified atom stereocenters. The maximum absolute atomic E-state index is 12.0. The molecule has 6 heteroatoms. The van der Waals surface area contributed by atoms with E-state index in [0.29, 0.717) is 17.7 Å². The SMILES string of the molecule is O=C(NCCCn1cccn1)c1cncc(C#CCO)c1. The predicted molar refractivity (Wildman–Crippen MR) is 77.4 cm³/mol. The zero-order valence-electron chi connectivity index (χ0n) is 11.5. The Kier molecular flexibility index (Phi) is 5.50. The van der Waals surface area contributed by atoms with Crippen LogP contribution in [0.4, 0.5) is 0 Å². The Morgan fingerprint density at radius 1 is 1.43 bits per heavy atom. The van der Waals surface area contributed by atoms with E-state index < -0.39 is 0 Å². The second-order valence-electron chi connectivity index (χ2n) is 4.30. The fourth-order valence-corrected chi connectivity index (χ4v) is 1.75. The summed E-state index contributed by atoms with van der Waals surface area (Å²) in [6.45, 7) is 1.10. The van der Waals surface area contributed by atoms with Crippen LogP contribution in [0.25, 0.3) is 0 Å². The van der Waals surface area contributed by atoms with Gasteiger partial charge >= 0.3 is 0 Å². The fraction of sp³-hybridized carbons (Fsp3) is 0.267. The van der Waals surface area contributed by atoms with Gasteiger partial charge in [-0.1, -0.05) is 11.8 Å². The minimum atomic E-state index is -0.218. The number of pyridine rings is 1. The van der Waals surface area contributed by atoms with Crippen molar-refractivity contribution in [1.82, 2.24) is 20.1 Å². The maximum atomic E-state index is 12.0. The molecule has 0 aliphatic carbocycles. The van der Waals surface area contributed by atoms with Gasteiger partial charge in [0, 0.05) is 43.4 Å². The molecule has 0 aliphatic rings. The molecule has 0 aliphatic heterocycles. The van der Waals surface area contributed by atoms with Gasteiger partial charge in [-0.15, -0.1) is 0 Å². The Balaban J connectivity index is 1.82. The van der Waals surface area contributed by atoms with Gasteiger partial charge in [-0.25, -0.2) is 0 Å². The highest BCUT2D eigenvalue weighted by Crippen LogP contribution is 2.01. The number of nitrogens with zero attached hydrogens (tertiary/aromatic N) is 3. The molecule has 2 aromatic heterocycles. The number of aromatic nitrogens is 3. The Morgan fingerprint density at radius 2 is 2.33 bits per heavy atom. The summed E-state index contributed by atoms with van der Waals surface area (Å²) in [6.07, 6.45) is 7.45. The molecule has 0 spiro atoms. The maximum Gasteiger partial charge on any atom is 0.252 e. The van der Waals surface area contributed by atoms with Crippen LogP contribution >= 0.6 is 0 Å². The van der Waals surface area contributed by atoms with Gasteiger partial charge in [-0.05, 0) is 18.6 Å². The highest BCUT2D eigenvalue weighted by molar-refractivity contribution is 5.94. The van der Waals surface area contributed by atoms with Crippen molar-refractivity contribution in [3.63, 3.8) is 0 Å². The third-order valence-corrected chi connectivity index (χ3v) is 2.72. The summed E-state index contributed by atoms with van der Waals surface area (Å²) >= 11 is 0. The molecule has 21 heavy (non-hydrogen) atoms. The Bertz CT molecular complexity index is 641. The summed E-state index contributed by atoms with van der Waals surface area (Å²) in [4.78, 5) is 15.9. The topological polar surface area (TPSA) is 80.0 Å². The van der Waals surface area contributed by atoms with Crippen LogP contribution < -0.4 is 5.32 Å². The normalized spacial score (nSPS) is 9.76. The number of aliphatic hydroxyl groups is 1. The molecule has 0 radical (unpaired) electrons. The van der Waals surface area contributed by atoms with Crippen molar-refractivity contribution >= 4 is 5.91 Å². The van der Waals surface area contributed by atoms with Gasteiger partial charge in [-0.2, -0.15) is 5.10 Å². The van der Waals surface area contributed by atoms with E-state index in [-0.39, 0.29) is 12.5 Å². The predicted octanol–water partition coefficient (Wildman–Crippen LogP) is 0.442. The van der Waals surface area contributed by atoms with E-state index in [1.54, 1.807) is 18.5 Å². The molecule has 0 fully saturated rings. The largest absolute Gasteiger partial charge is 0.384 e. The molecule has 2 rings (SSSR count). The van der Waals surface area contributed by atoms with Crippen LogP contribution in [0.3, 0.4) is 0 Å². The Labute approximate surface area is 122 Å². The fourth-order valence-electron chi connectivity index (χ4n) is 1.75. The molecule has 1 amide bonds. The molecular weight excluding hydrogens is 268 g/mol. The van der Waals surface area contributed by atoms with E-state index in [4.69, 9.17) is 5.11 Å². The summed E-state index contributed by atoms with van der Waals surface area (Å²) in [5, 5.41) is 15.6. The number of rotatable bonds is 5. The van der Waals surface area contributed by atoms with Crippen molar-refractivity contribution in [2.24, 2.45) is 0 Å². The van der Waals surface area contributed by atoms with Crippen LogP contribution in [0.1, 0.15) is 22.3 Å². The minimum Gasteiger partial charge on any atom is -0.384 e. The van der Waals surface area contributed by atoms with Gasteiger partial charge in [0.25, 0.3) is 5.91 Å². The van der Waals surface area contributed by atoms with Gasteiger partial charge < -0.3 is 10.4 Å². The molecule has 0 aromatic carbocycles. The van der Waals surface area contributed by atoms with E-state index >= 15 is 0 Å². The van der Waals surface area contributed by atoms with E-state index in [0.717, 1.165) is 13.0 Å². The van der Waals surface area contributed by atoms with E-state index in [9.17, 15) is 4.79 Å². The first-order chi connectivity index (χ1) is 10.3. The van der Waals surface area contributed by atoms with Crippen molar-refractivity contribution in [3.8, 4) is 11.8 Å². The minimum absolute atomic E-state index is 0.185. The number of hydrogen-bond acceptors (Lipinski definition) is 4. The van der Waals surface area contributed by atoms with Gasteiger partial charge in [0.15, 0.2) is 0 Å². The molecule has 108 valence electrons. The summed E-state index contributed by atoms with van der Waals surface area (Å²) < 4.78 is 1.82. The number of carbonyl (C=O) groups excluding carboxylic acids is 1. The lowest BCUT2D eigenvalue weighted by atomic mass is 10.2. The molecular formula is C15H16N4O2. The number of amides is 1. The smallest absolute Gasteiger partial charge is 0.252 e. The number of aryl methyl sites for hydroxylation is 1. The van der Waals surface area contributed by atoms with Gasteiger partial charge in [-0.3, -0.25) is 14.5 Å². The average Bonchev–Trinajstić information content (AvgIpc) is 3.03. The lowest BCUT2D eigenvalue weighted by Crippen LogP contribution is -2.25. The van der Waals surface area contributed by atoms with E-state index in [1.165, 1.54) is 6.20 Å². The molecule has 2 aromatic rings. The highest BCUT2D eigenvalue weighted by Gasteiger charge is 2.05. The molecule has 0 saturated heterocycles. The molecule has 2 N–H and O–H groups in total. The summed E-state index contributed by atoms with van der Waals surface area (Å²) in [5.74, 6) is 5.06. The van der Waals surface area contributed by atoms with Gasteiger partial charge in [0.2, 0.25) is 0 Å². The lowest BCUT2D eigenvalue weighted by molar-refractivity contribution is 0.0952. The Hall–Kier alpha value is -2.65. The van der Waals surface area contributed by atoms with E-state index in [1.807, 2.05) is 16.9 Å². The Morgan fingerprint density at radius 3 is 3.10 bits per heavy atom. The molecule has 0 atom stereocenters. The van der Waals surface area contributed by atoms with Gasteiger partial charge in [0.1, 0.15) is 6.61 Å².